The summed E-state index contributed by atoms with van der Waals surface area (Å²) in [6.07, 6.45) is 0. The molecule has 0 aromatic heterocycles. The van der Waals surface area contributed by atoms with Gasteiger partial charge in [-0.05, 0) is 19.1 Å². The lowest BCUT2D eigenvalue weighted by molar-refractivity contribution is 0.0974. The van der Waals surface area contributed by atoms with E-state index in [0.29, 0.717) is 12.1 Å². The summed E-state index contributed by atoms with van der Waals surface area (Å²) in [5, 5.41) is 2.46. The van der Waals surface area contributed by atoms with Gasteiger partial charge in [-0.1, -0.05) is 18.2 Å². The third-order valence-electron chi connectivity index (χ3n) is 2.09. The molecule has 1 amide bonds. The van der Waals surface area contributed by atoms with Crippen LogP contribution in [-0.2, 0) is 11.3 Å². The number of guanidine groups is 1. The molecule has 0 heterocycles. The van der Waals surface area contributed by atoms with Gasteiger partial charge in [0.05, 0.1) is 0 Å². The van der Waals surface area contributed by atoms with Crippen molar-refractivity contribution in [3.63, 3.8) is 0 Å². The Balaban J connectivity index is 2.83. The Hall–Kier alpha value is -1.73. The van der Waals surface area contributed by atoms with Gasteiger partial charge in [-0.15, -0.1) is 0 Å². The Bertz CT molecular complexity index is 462. The molecule has 0 radical (unpaired) electrons. The van der Waals surface area contributed by atoms with Crippen molar-refractivity contribution < 1.29 is 13.6 Å². The number of aliphatic imine (C=N–C) groups is 1. The molecule has 1 N–H and O–H groups in total. The van der Waals surface area contributed by atoms with Gasteiger partial charge in [0.1, 0.15) is 0 Å². The SMILES string of the molecule is CCN=C(NC(=O)c1ccccc1)N(C)S(=O)[O-]. The summed E-state index contributed by atoms with van der Waals surface area (Å²) >= 11 is -2.48. The highest BCUT2D eigenvalue weighted by Crippen LogP contribution is 1.99. The first-order valence-electron chi connectivity index (χ1n) is 5.30. The largest absolute Gasteiger partial charge is 0.755 e. The molecule has 0 aliphatic carbocycles. The quantitative estimate of drug-likeness (QED) is 0.492. The van der Waals surface area contributed by atoms with Crippen LogP contribution < -0.4 is 5.32 Å². The summed E-state index contributed by atoms with van der Waals surface area (Å²) in [5.41, 5.74) is 0.436. The lowest BCUT2D eigenvalue weighted by Crippen LogP contribution is -2.43. The van der Waals surface area contributed by atoms with Crippen molar-refractivity contribution in [3.8, 4) is 0 Å². The average molecular weight is 268 g/mol. The van der Waals surface area contributed by atoms with Crippen LogP contribution in [0.1, 0.15) is 17.3 Å². The molecule has 0 spiro atoms. The number of hydrogen-bond donors (Lipinski definition) is 1. The minimum absolute atomic E-state index is 0.000290. The molecule has 1 unspecified atom stereocenters. The van der Waals surface area contributed by atoms with E-state index in [1.165, 1.54) is 7.05 Å². The van der Waals surface area contributed by atoms with Crippen molar-refractivity contribution >= 4 is 23.1 Å². The van der Waals surface area contributed by atoms with Crippen molar-refractivity contribution in [2.75, 3.05) is 13.6 Å². The van der Waals surface area contributed by atoms with E-state index in [4.69, 9.17) is 0 Å². The number of carbonyl (C=O) groups excluding carboxylic acids is 1. The van der Waals surface area contributed by atoms with Crippen LogP contribution in [-0.4, -0.2) is 38.5 Å². The van der Waals surface area contributed by atoms with Gasteiger partial charge in [0.2, 0.25) is 5.96 Å². The fourth-order valence-electron chi connectivity index (χ4n) is 1.20. The molecular formula is C11H14N3O3S-. The van der Waals surface area contributed by atoms with Crippen molar-refractivity contribution in [1.82, 2.24) is 9.62 Å². The third-order valence-corrected chi connectivity index (χ3v) is 2.71. The Morgan fingerprint density at radius 3 is 2.56 bits per heavy atom. The zero-order chi connectivity index (χ0) is 13.5. The van der Waals surface area contributed by atoms with Crippen LogP contribution in [0.4, 0.5) is 0 Å². The molecular weight excluding hydrogens is 254 g/mol. The first kappa shape index (κ1) is 14.3. The normalized spacial score (nSPS) is 12.9. The van der Waals surface area contributed by atoms with Crippen LogP contribution in [0.5, 0.6) is 0 Å². The van der Waals surface area contributed by atoms with Gasteiger partial charge < -0.3 is 4.55 Å². The number of benzene rings is 1. The molecule has 0 aliphatic rings. The van der Waals surface area contributed by atoms with Gasteiger partial charge in [0, 0.05) is 30.4 Å². The first-order valence-corrected chi connectivity index (χ1v) is 6.33. The van der Waals surface area contributed by atoms with E-state index in [9.17, 15) is 13.6 Å². The molecule has 0 aliphatic heterocycles. The fourth-order valence-corrected chi connectivity index (χ4v) is 1.45. The van der Waals surface area contributed by atoms with Gasteiger partial charge in [0.15, 0.2) is 0 Å². The van der Waals surface area contributed by atoms with Gasteiger partial charge in [-0.3, -0.25) is 23.6 Å². The summed E-state index contributed by atoms with van der Waals surface area (Å²) in [5.74, 6) is -0.403. The minimum atomic E-state index is -2.48. The molecule has 7 heteroatoms. The standard InChI is InChI=1S/C11H15N3O3S/c1-3-12-11(14(2)18(16)17)13-10(15)9-7-5-4-6-8-9/h4-8H,3H2,1-2H3,(H,16,17)(H,12,13,15)/p-1. The zero-order valence-corrected chi connectivity index (χ0v) is 10.9. The van der Waals surface area contributed by atoms with Crippen molar-refractivity contribution in [2.45, 2.75) is 6.92 Å². The van der Waals surface area contributed by atoms with Crippen molar-refractivity contribution in [1.29, 1.82) is 0 Å². The lowest BCUT2D eigenvalue weighted by atomic mass is 10.2. The monoisotopic (exact) mass is 268 g/mol. The van der Waals surface area contributed by atoms with Crippen molar-refractivity contribution in [2.24, 2.45) is 4.99 Å². The van der Waals surface area contributed by atoms with Crippen LogP contribution in [0.25, 0.3) is 0 Å². The van der Waals surface area contributed by atoms with E-state index >= 15 is 0 Å². The minimum Gasteiger partial charge on any atom is -0.755 e. The molecule has 1 aromatic carbocycles. The highest BCUT2D eigenvalue weighted by molar-refractivity contribution is 7.77. The van der Waals surface area contributed by atoms with Crippen LogP contribution in [0, 0.1) is 0 Å². The molecule has 1 rings (SSSR count). The van der Waals surface area contributed by atoms with Crippen molar-refractivity contribution in [3.05, 3.63) is 35.9 Å². The van der Waals surface area contributed by atoms with Crippen LogP contribution in [0.2, 0.25) is 0 Å². The molecule has 0 saturated carbocycles. The Labute approximate surface area is 108 Å². The smallest absolute Gasteiger partial charge is 0.257 e. The number of rotatable bonds is 3. The second-order valence-corrected chi connectivity index (χ2v) is 4.31. The summed E-state index contributed by atoms with van der Waals surface area (Å²) < 4.78 is 22.5. The average Bonchev–Trinajstić information content (AvgIpc) is 2.38. The lowest BCUT2D eigenvalue weighted by Gasteiger charge is -2.23. The number of nitrogens with zero attached hydrogens (tertiary/aromatic N) is 2. The van der Waals surface area contributed by atoms with E-state index in [2.05, 4.69) is 10.3 Å². The number of amides is 1. The summed E-state index contributed by atoms with van der Waals surface area (Å²) in [4.78, 5) is 15.8. The third kappa shape index (κ3) is 3.94. The maximum atomic E-state index is 11.8. The van der Waals surface area contributed by atoms with Crippen LogP contribution >= 0.6 is 0 Å². The molecule has 98 valence electrons. The molecule has 0 saturated heterocycles. The van der Waals surface area contributed by atoms with E-state index in [1.54, 1.807) is 37.3 Å². The van der Waals surface area contributed by atoms with Gasteiger partial charge in [0.25, 0.3) is 5.91 Å². The Kier molecular flexibility index (Phi) is 5.47. The predicted octanol–water partition coefficient (Wildman–Crippen LogP) is 0.518. The molecule has 6 nitrogen and oxygen atoms in total. The topological polar surface area (TPSA) is 84.8 Å². The van der Waals surface area contributed by atoms with E-state index in [0.717, 1.165) is 4.31 Å². The maximum Gasteiger partial charge on any atom is 0.257 e. The zero-order valence-electron chi connectivity index (χ0n) is 10.1. The summed E-state index contributed by atoms with van der Waals surface area (Å²) in [6, 6.07) is 8.50. The number of nitrogens with one attached hydrogen (secondary N) is 1. The Morgan fingerprint density at radius 2 is 2.06 bits per heavy atom. The van der Waals surface area contributed by atoms with Crippen LogP contribution in [0.15, 0.2) is 35.3 Å². The highest BCUT2D eigenvalue weighted by Gasteiger charge is 2.12. The molecule has 1 aromatic rings. The molecule has 1 atom stereocenters. The maximum absolute atomic E-state index is 11.8. The van der Waals surface area contributed by atoms with Gasteiger partial charge >= 0.3 is 0 Å². The molecule has 0 bridgehead atoms. The number of hydrogen-bond acceptors (Lipinski definition) is 4. The molecule has 0 fully saturated rings. The predicted molar refractivity (Wildman–Crippen MR) is 68.6 cm³/mol. The van der Waals surface area contributed by atoms with E-state index in [-0.39, 0.29) is 5.96 Å². The second-order valence-electron chi connectivity index (χ2n) is 3.33. The highest BCUT2D eigenvalue weighted by atomic mass is 32.2. The van der Waals surface area contributed by atoms with Crippen LogP contribution in [0.3, 0.4) is 0 Å². The fraction of sp³-hybridized carbons (Fsp3) is 0.273. The van der Waals surface area contributed by atoms with E-state index < -0.39 is 17.2 Å². The first-order chi connectivity index (χ1) is 8.56. The Morgan fingerprint density at radius 1 is 1.44 bits per heavy atom. The van der Waals surface area contributed by atoms with E-state index in [1.807, 2.05) is 0 Å². The number of carbonyl (C=O) groups is 1. The van der Waals surface area contributed by atoms with Gasteiger partial charge in [-0.25, -0.2) is 0 Å². The van der Waals surface area contributed by atoms with Gasteiger partial charge in [-0.2, -0.15) is 0 Å². The summed E-state index contributed by atoms with van der Waals surface area (Å²) in [6.45, 7) is 2.11. The second kappa shape index (κ2) is 6.87. The molecule has 18 heavy (non-hydrogen) atoms. The summed E-state index contributed by atoms with van der Waals surface area (Å²) in [7, 11) is 1.31.